The number of hydrogen-bond acceptors (Lipinski definition) is 5. The second-order valence-electron chi connectivity index (χ2n) is 6.44. The van der Waals surface area contributed by atoms with Crippen LogP contribution >= 0.6 is 0 Å². The maximum Gasteiger partial charge on any atom is 0.322 e. The maximum atomic E-state index is 12.6. The fraction of sp³-hybridized carbons (Fsp3) is 0.533. The fourth-order valence-corrected chi connectivity index (χ4v) is 5.69. The highest BCUT2D eigenvalue weighted by Crippen LogP contribution is 2.42. The third kappa shape index (κ3) is 2.43. The number of likely N-dealkylation sites (tertiary alicyclic amines) is 1. The predicted molar refractivity (Wildman–Crippen MR) is 86.5 cm³/mol. The average Bonchev–Trinajstić information content (AvgIpc) is 2.96. The minimum Gasteiger partial charge on any atom is -0.497 e. The first kappa shape index (κ1) is 15.7. The van der Waals surface area contributed by atoms with Crippen molar-refractivity contribution < 1.29 is 22.7 Å². The zero-order chi connectivity index (χ0) is 16.9. The summed E-state index contributed by atoms with van der Waals surface area (Å²) in [6.45, 7) is 0.874. The minimum absolute atomic E-state index is 0.222. The van der Waals surface area contributed by atoms with Crippen molar-refractivity contribution in [2.75, 3.05) is 32.1 Å². The highest BCUT2D eigenvalue weighted by molar-refractivity contribution is 7.90. The summed E-state index contributed by atoms with van der Waals surface area (Å²) in [5.41, 5.74) is -0.197. The number of fused-ring (bicyclic) bond motifs is 1. The van der Waals surface area contributed by atoms with Gasteiger partial charge in [0, 0.05) is 24.8 Å². The molecular weight excluding hydrogens is 334 g/mol. The highest BCUT2D eigenvalue weighted by atomic mass is 32.2. The molecule has 1 aromatic rings. The lowest BCUT2D eigenvalue weighted by Crippen LogP contribution is -2.57. The summed E-state index contributed by atoms with van der Waals surface area (Å²) in [6.07, 6.45) is 0.190. The smallest absolute Gasteiger partial charge is 0.322 e. The van der Waals surface area contributed by atoms with Crippen LogP contribution in [0.1, 0.15) is 6.42 Å². The lowest BCUT2D eigenvalue weighted by molar-refractivity contribution is -0.0869. The summed E-state index contributed by atoms with van der Waals surface area (Å²) >= 11 is 0. The van der Waals surface area contributed by atoms with Crippen molar-refractivity contribution in [3.63, 3.8) is 0 Å². The number of hydrogen-bond donors (Lipinski definition) is 2. The van der Waals surface area contributed by atoms with Crippen LogP contribution in [0.5, 0.6) is 5.75 Å². The Morgan fingerprint density at radius 3 is 3.12 bits per heavy atom. The average molecular weight is 353 g/mol. The van der Waals surface area contributed by atoms with Crippen LogP contribution in [0.2, 0.25) is 0 Å². The molecule has 3 saturated heterocycles. The van der Waals surface area contributed by atoms with Crippen LogP contribution < -0.4 is 14.8 Å². The third-order valence-electron chi connectivity index (χ3n) is 4.90. The van der Waals surface area contributed by atoms with Crippen LogP contribution in [0, 0.1) is 0 Å². The van der Waals surface area contributed by atoms with E-state index < -0.39 is 20.9 Å². The van der Waals surface area contributed by atoms with E-state index in [9.17, 15) is 13.2 Å². The summed E-state index contributed by atoms with van der Waals surface area (Å²) in [6, 6.07) is 6.83. The molecule has 2 amide bonds. The molecule has 1 aromatic carbocycles. The van der Waals surface area contributed by atoms with E-state index in [-0.39, 0.29) is 25.2 Å². The van der Waals surface area contributed by atoms with Gasteiger partial charge in [-0.2, -0.15) is 0 Å². The standard InChI is InChI=1S/C15H19N3O5S/c1-22-11-4-2-3-10(5-11)17-14(19)18-7-12-6-13-15(9-18,23-12)8-16-24(13,20)21/h2-5,12-13,16H,6-9H2,1H3,(H,17,19)/t12-,13+,15-/m0/s1. The van der Waals surface area contributed by atoms with Crippen LogP contribution in [0.3, 0.4) is 0 Å². The van der Waals surface area contributed by atoms with Crippen LogP contribution in [0.4, 0.5) is 10.5 Å². The van der Waals surface area contributed by atoms with Crippen LogP contribution in [-0.2, 0) is 14.8 Å². The Morgan fingerprint density at radius 2 is 2.33 bits per heavy atom. The van der Waals surface area contributed by atoms with E-state index >= 15 is 0 Å². The molecule has 4 rings (SSSR count). The van der Waals surface area contributed by atoms with Gasteiger partial charge in [0.2, 0.25) is 10.0 Å². The van der Waals surface area contributed by atoms with Gasteiger partial charge in [0.05, 0.1) is 19.8 Å². The second kappa shape index (κ2) is 5.33. The number of amides is 2. The summed E-state index contributed by atoms with van der Waals surface area (Å²) in [5, 5.41) is 2.26. The zero-order valence-corrected chi connectivity index (χ0v) is 14.0. The molecule has 0 aromatic heterocycles. The number of anilines is 1. The van der Waals surface area contributed by atoms with E-state index in [0.717, 1.165) is 0 Å². The van der Waals surface area contributed by atoms with Gasteiger partial charge in [0.25, 0.3) is 0 Å². The quantitative estimate of drug-likeness (QED) is 0.801. The Balaban J connectivity index is 1.51. The van der Waals surface area contributed by atoms with Gasteiger partial charge in [-0.05, 0) is 18.6 Å². The molecule has 0 radical (unpaired) electrons. The molecule has 8 nitrogen and oxygen atoms in total. The first-order valence-corrected chi connectivity index (χ1v) is 9.33. The number of nitrogens with zero attached hydrogens (tertiary/aromatic N) is 1. The summed E-state index contributed by atoms with van der Waals surface area (Å²) in [7, 11) is -1.79. The molecule has 3 atom stereocenters. The molecule has 3 aliphatic heterocycles. The number of nitrogens with one attached hydrogen (secondary N) is 2. The van der Waals surface area contributed by atoms with Crippen molar-refractivity contribution in [2.45, 2.75) is 23.4 Å². The molecule has 2 bridgehead atoms. The van der Waals surface area contributed by atoms with Crippen LogP contribution in [0.15, 0.2) is 24.3 Å². The van der Waals surface area contributed by atoms with E-state index in [1.54, 1.807) is 36.3 Å². The van der Waals surface area contributed by atoms with Crippen molar-refractivity contribution >= 4 is 21.7 Å². The van der Waals surface area contributed by atoms with Gasteiger partial charge in [-0.25, -0.2) is 17.9 Å². The van der Waals surface area contributed by atoms with Gasteiger partial charge in [-0.3, -0.25) is 0 Å². The number of sulfonamides is 1. The first-order chi connectivity index (χ1) is 11.4. The molecule has 0 unspecified atom stereocenters. The number of carbonyl (C=O) groups excluding carboxylic acids is 1. The largest absolute Gasteiger partial charge is 0.497 e. The Labute approximate surface area is 140 Å². The number of ether oxygens (including phenoxy) is 2. The third-order valence-corrected chi connectivity index (χ3v) is 6.82. The van der Waals surface area contributed by atoms with Gasteiger partial charge in [-0.1, -0.05) is 6.07 Å². The Hall–Kier alpha value is -1.84. The zero-order valence-electron chi connectivity index (χ0n) is 13.2. The Bertz CT molecular complexity index is 783. The normalized spacial score (nSPS) is 33.1. The lowest BCUT2D eigenvalue weighted by atomic mass is 10.00. The number of morpholine rings is 1. The number of urea groups is 1. The number of rotatable bonds is 2. The molecule has 2 N–H and O–H groups in total. The second-order valence-corrected chi connectivity index (χ2v) is 8.39. The molecule has 3 aliphatic rings. The molecule has 130 valence electrons. The van der Waals surface area contributed by atoms with Crippen molar-refractivity contribution in [3.05, 3.63) is 24.3 Å². The van der Waals surface area contributed by atoms with E-state index in [1.165, 1.54) is 0 Å². The van der Waals surface area contributed by atoms with Crippen LogP contribution in [-0.4, -0.2) is 63.0 Å². The van der Waals surface area contributed by atoms with Gasteiger partial charge in [0.1, 0.15) is 16.6 Å². The molecule has 1 spiro atoms. The fourth-order valence-electron chi connectivity index (χ4n) is 3.80. The molecule has 0 aliphatic carbocycles. The number of benzene rings is 1. The van der Waals surface area contributed by atoms with Crippen LogP contribution in [0.25, 0.3) is 0 Å². The minimum atomic E-state index is -3.35. The molecular formula is C15H19N3O5S. The summed E-state index contributed by atoms with van der Waals surface area (Å²) < 4.78 is 37.8. The maximum absolute atomic E-state index is 12.6. The van der Waals surface area contributed by atoms with Crippen molar-refractivity contribution in [1.82, 2.24) is 9.62 Å². The number of carbonyl (C=O) groups is 1. The molecule has 3 heterocycles. The SMILES string of the molecule is COc1cccc(NC(=O)N2C[C@@H]3C[C@@H]4[C@](CNS4(=O)=O)(C2)O3)c1. The number of methoxy groups -OCH3 is 1. The van der Waals surface area contributed by atoms with Gasteiger partial charge in [-0.15, -0.1) is 0 Å². The topological polar surface area (TPSA) is 97.0 Å². The monoisotopic (exact) mass is 353 g/mol. The van der Waals surface area contributed by atoms with Gasteiger partial charge in [0.15, 0.2) is 0 Å². The van der Waals surface area contributed by atoms with Gasteiger partial charge >= 0.3 is 6.03 Å². The molecule has 9 heteroatoms. The van der Waals surface area contributed by atoms with E-state index in [0.29, 0.717) is 24.4 Å². The van der Waals surface area contributed by atoms with Crippen molar-refractivity contribution in [2.24, 2.45) is 0 Å². The Kier molecular flexibility index (Phi) is 3.48. The highest BCUT2D eigenvalue weighted by Gasteiger charge is 2.62. The lowest BCUT2D eigenvalue weighted by Gasteiger charge is -2.38. The predicted octanol–water partition coefficient (Wildman–Crippen LogP) is 0.372. The molecule has 0 saturated carbocycles. The Morgan fingerprint density at radius 1 is 1.50 bits per heavy atom. The van der Waals surface area contributed by atoms with E-state index in [4.69, 9.17) is 9.47 Å². The van der Waals surface area contributed by atoms with Crippen molar-refractivity contribution in [1.29, 1.82) is 0 Å². The van der Waals surface area contributed by atoms with E-state index in [2.05, 4.69) is 10.0 Å². The van der Waals surface area contributed by atoms with Crippen molar-refractivity contribution in [3.8, 4) is 5.75 Å². The van der Waals surface area contributed by atoms with E-state index in [1.807, 2.05) is 0 Å². The summed E-state index contributed by atoms with van der Waals surface area (Å²) in [4.78, 5) is 14.2. The summed E-state index contributed by atoms with van der Waals surface area (Å²) in [5.74, 6) is 0.652. The molecule has 24 heavy (non-hydrogen) atoms. The van der Waals surface area contributed by atoms with Gasteiger partial charge < -0.3 is 19.7 Å². The molecule has 3 fully saturated rings. The first-order valence-electron chi connectivity index (χ1n) is 7.78.